The van der Waals surface area contributed by atoms with Crippen LogP contribution in [0.15, 0.2) is 40.9 Å². The molecule has 178 valence electrons. The van der Waals surface area contributed by atoms with Crippen molar-refractivity contribution < 1.29 is 28.5 Å². The standard InChI is InChI=1S/C24H25N3O7/c1-5-31-20-11-9-14(13-18(20)27(29)30)22-25-21(26-34-22)17-8-6-7-16-15(17)10-12-19(16)32-23(28)33-24(2,3)4/h6-9,11,13,19H,5,10,12H2,1-4H3/t19-/m0/s1. The van der Waals surface area contributed by atoms with Crippen LogP contribution in [0, 0.1) is 10.1 Å². The molecule has 0 N–H and O–H groups in total. The van der Waals surface area contributed by atoms with E-state index in [9.17, 15) is 14.9 Å². The second kappa shape index (κ2) is 9.12. The average molecular weight is 467 g/mol. The van der Waals surface area contributed by atoms with Crippen LogP contribution in [0.4, 0.5) is 10.5 Å². The summed E-state index contributed by atoms with van der Waals surface area (Å²) in [5.41, 5.74) is 2.17. The molecule has 3 aromatic rings. The predicted octanol–water partition coefficient (Wildman–Crippen LogP) is 5.65. The molecule has 1 aromatic heterocycles. The lowest BCUT2D eigenvalue weighted by molar-refractivity contribution is -0.385. The number of hydrogen-bond acceptors (Lipinski definition) is 9. The summed E-state index contributed by atoms with van der Waals surface area (Å²) < 4.78 is 21.6. The Labute approximate surface area is 196 Å². The Kier molecular flexibility index (Phi) is 6.23. The quantitative estimate of drug-likeness (QED) is 0.257. The van der Waals surface area contributed by atoms with Gasteiger partial charge in [0.15, 0.2) is 5.75 Å². The van der Waals surface area contributed by atoms with Gasteiger partial charge in [0, 0.05) is 17.2 Å². The summed E-state index contributed by atoms with van der Waals surface area (Å²) in [5, 5.41) is 15.5. The van der Waals surface area contributed by atoms with Crippen LogP contribution in [0.1, 0.15) is 51.3 Å². The highest BCUT2D eigenvalue weighted by Gasteiger charge is 2.31. The van der Waals surface area contributed by atoms with E-state index in [1.165, 1.54) is 12.1 Å². The van der Waals surface area contributed by atoms with Crippen molar-refractivity contribution in [2.45, 2.75) is 52.2 Å². The number of benzene rings is 2. The molecule has 1 aliphatic rings. The molecule has 0 aliphatic heterocycles. The third-order valence-electron chi connectivity index (χ3n) is 5.21. The summed E-state index contributed by atoms with van der Waals surface area (Å²) in [6.07, 6.45) is 0.137. The van der Waals surface area contributed by atoms with Crippen molar-refractivity contribution in [1.29, 1.82) is 0 Å². The third-order valence-corrected chi connectivity index (χ3v) is 5.21. The maximum absolute atomic E-state index is 12.1. The zero-order valence-corrected chi connectivity index (χ0v) is 19.4. The fraction of sp³-hybridized carbons (Fsp3) is 0.375. The van der Waals surface area contributed by atoms with Gasteiger partial charge in [-0.15, -0.1) is 0 Å². The largest absolute Gasteiger partial charge is 0.509 e. The normalized spacial score (nSPS) is 15.0. The van der Waals surface area contributed by atoms with Gasteiger partial charge in [0.2, 0.25) is 5.82 Å². The van der Waals surface area contributed by atoms with E-state index in [2.05, 4.69) is 10.1 Å². The van der Waals surface area contributed by atoms with Crippen molar-refractivity contribution in [2.24, 2.45) is 0 Å². The summed E-state index contributed by atoms with van der Waals surface area (Å²) in [5.74, 6) is 0.674. The molecule has 34 heavy (non-hydrogen) atoms. The van der Waals surface area contributed by atoms with Gasteiger partial charge in [-0.3, -0.25) is 10.1 Å². The van der Waals surface area contributed by atoms with Crippen LogP contribution in [0.3, 0.4) is 0 Å². The topological polar surface area (TPSA) is 127 Å². The molecular formula is C24H25N3O7. The highest BCUT2D eigenvalue weighted by Crippen LogP contribution is 2.40. The van der Waals surface area contributed by atoms with Gasteiger partial charge in [-0.2, -0.15) is 4.98 Å². The molecule has 10 heteroatoms. The van der Waals surface area contributed by atoms with Gasteiger partial charge in [-0.1, -0.05) is 23.4 Å². The van der Waals surface area contributed by atoms with Crippen LogP contribution < -0.4 is 4.74 Å². The summed E-state index contributed by atoms with van der Waals surface area (Å²) in [6, 6.07) is 10.1. The highest BCUT2D eigenvalue weighted by molar-refractivity contribution is 5.68. The first-order valence-corrected chi connectivity index (χ1v) is 10.9. The monoisotopic (exact) mass is 467 g/mol. The van der Waals surface area contributed by atoms with Crippen LogP contribution in [0.25, 0.3) is 22.8 Å². The van der Waals surface area contributed by atoms with E-state index in [4.69, 9.17) is 18.7 Å². The highest BCUT2D eigenvalue weighted by atomic mass is 16.7. The second-order valence-corrected chi connectivity index (χ2v) is 8.78. The molecule has 4 rings (SSSR count). The van der Waals surface area contributed by atoms with Crippen molar-refractivity contribution in [1.82, 2.24) is 10.1 Å². The maximum Gasteiger partial charge on any atom is 0.509 e. The van der Waals surface area contributed by atoms with E-state index in [-0.39, 0.29) is 17.3 Å². The molecule has 1 heterocycles. The van der Waals surface area contributed by atoms with Crippen LogP contribution in [0.5, 0.6) is 5.75 Å². The molecule has 0 radical (unpaired) electrons. The van der Waals surface area contributed by atoms with E-state index < -0.39 is 22.8 Å². The molecule has 0 bridgehead atoms. The molecule has 1 aliphatic carbocycles. The Hall–Kier alpha value is -3.95. The average Bonchev–Trinajstić information content (AvgIpc) is 3.40. The molecule has 1 atom stereocenters. The minimum Gasteiger partial charge on any atom is -0.487 e. The number of aromatic nitrogens is 2. The van der Waals surface area contributed by atoms with Gasteiger partial charge in [-0.05, 0) is 63.8 Å². The summed E-state index contributed by atoms with van der Waals surface area (Å²) >= 11 is 0. The Morgan fingerprint density at radius 1 is 1.26 bits per heavy atom. The SMILES string of the molecule is CCOc1ccc(-c2nc(-c3cccc4c3CC[C@@H]4OC(=O)OC(C)(C)C)no2)cc1[N+](=O)[O-]. The first-order valence-electron chi connectivity index (χ1n) is 10.9. The van der Waals surface area contributed by atoms with Crippen molar-refractivity contribution in [3.8, 4) is 28.6 Å². The summed E-state index contributed by atoms with van der Waals surface area (Å²) in [4.78, 5) is 27.5. The number of carbonyl (C=O) groups excluding carboxylic acids is 1. The van der Waals surface area contributed by atoms with Crippen LogP contribution in [0.2, 0.25) is 0 Å². The molecule has 0 amide bonds. The Balaban J connectivity index is 1.60. The van der Waals surface area contributed by atoms with Crippen LogP contribution >= 0.6 is 0 Å². The zero-order chi connectivity index (χ0) is 24.5. The van der Waals surface area contributed by atoms with E-state index in [0.29, 0.717) is 30.8 Å². The molecule has 0 spiro atoms. The first kappa shape index (κ1) is 23.2. The number of ether oxygens (including phenoxy) is 3. The third kappa shape index (κ3) is 4.85. The van der Waals surface area contributed by atoms with Gasteiger partial charge >= 0.3 is 11.8 Å². The van der Waals surface area contributed by atoms with Gasteiger partial charge in [-0.25, -0.2) is 4.79 Å². The number of nitro benzene ring substituents is 1. The smallest absolute Gasteiger partial charge is 0.487 e. The lowest BCUT2D eigenvalue weighted by Gasteiger charge is -2.21. The Morgan fingerprint density at radius 3 is 2.76 bits per heavy atom. The first-order chi connectivity index (χ1) is 16.2. The fourth-order valence-corrected chi connectivity index (χ4v) is 3.86. The second-order valence-electron chi connectivity index (χ2n) is 8.78. The van der Waals surface area contributed by atoms with E-state index in [1.54, 1.807) is 33.8 Å². The molecule has 0 saturated heterocycles. The number of carbonyl (C=O) groups is 1. The van der Waals surface area contributed by atoms with E-state index >= 15 is 0 Å². The summed E-state index contributed by atoms with van der Waals surface area (Å²) in [6.45, 7) is 7.40. The predicted molar refractivity (Wildman–Crippen MR) is 121 cm³/mol. The van der Waals surface area contributed by atoms with Crippen molar-refractivity contribution >= 4 is 11.8 Å². The molecule has 0 fully saturated rings. The Bertz CT molecular complexity index is 1230. The van der Waals surface area contributed by atoms with Crippen LogP contribution in [-0.2, 0) is 15.9 Å². The van der Waals surface area contributed by atoms with Gasteiger partial charge in [0.25, 0.3) is 5.89 Å². The van der Waals surface area contributed by atoms with Crippen molar-refractivity contribution in [2.75, 3.05) is 6.61 Å². The molecule has 0 unspecified atom stereocenters. The Morgan fingerprint density at radius 2 is 2.06 bits per heavy atom. The minimum absolute atomic E-state index is 0.151. The number of fused-ring (bicyclic) bond motifs is 1. The van der Waals surface area contributed by atoms with E-state index in [1.807, 2.05) is 18.2 Å². The van der Waals surface area contributed by atoms with Gasteiger partial charge < -0.3 is 18.7 Å². The lowest BCUT2D eigenvalue weighted by Crippen LogP contribution is -2.25. The molecular weight excluding hydrogens is 442 g/mol. The minimum atomic E-state index is -0.713. The van der Waals surface area contributed by atoms with Gasteiger partial charge in [0.1, 0.15) is 11.7 Å². The lowest BCUT2D eigenvalue weighted by atomic mass is 10.0. The number of rotatable bonds is 6. The molecule has 2 aromatic carbocycles. The van der Waals surface area contributed by atoms with Crippen molar-refractivity contribution in [3.63, 3.8) is 0 Å². The van der Waals surface area contributed by atoms with Crippen LogP contribution in [-0.4, -0.2) is 33.4 Å². The number of nitrogens with zero attached hydrogens (tertiary/aromatic N) is 3. The number of nitro groups is 1. The fourth-order valence-electron chi connectivity index (χ4n) is 3.86. The summed E-state index contributed by atoms with van der Waals surface area (Å²) in [7, 11) is 0. The molecule has 10 nitrogen and oxygen atoms in total. The van der Waals surface area contributed by atoms with Gasteiger partial charge in [0.05, 0.1) is 11.5 Å². The van der Waals surface area contributed by atoms with Crippen molar-refractivity contribution in [3.05, 3.63) is 57.6 Å². The van der Waals surface area contributed by atoms with E-state index in [0.717, 1.165) is 16.7 Å². The number of hydrogen-bond donors (Lipinski definition) is 0. The maximum atomic E-state index is 12.1. The zero-order valence-electron chi connectivity index (χ0n) is 19.4. The molecule has 0 saturated carbocycles.